The minimum absolute atomic E-state index is 0.114. The van der Waals surface area contributed by atoms with Gasteiger partial charge in [0.1, 0.15) is 0 Å². The van der Waals surface area contributed by atoms with Crippen LogP contribution in [0.4, 0.5) is 5.69 Å². The van der Waals surface area contributed by atoms with Gasteiger partial charge in [0.25, 0.3) is 10.0 Å². The Labute approximate surface area is 161 Å². The van der Waals surface area contributed by atoms with Crippen molar-refractivity contribution in [2.24, 2.45) is 4.40 Å². The van der Waals surface area contributed by atoms with Crippen LogP contribution in [0.1, 0.15) is 0 Å². The average Bonchev–Trinajstić information content (AvgIpc) is 2.59. The minimum Gasteiger partial charge on any atom is -0.331 e. The van der Waals surface area contributed by atoms with Crippen molar-refractivity contribution < 1.29 is 8.42 Å². The summed E-state index contributed by atoms with van der Waals surface area (Å²) in [6.07, 6.45) is 1.70. The van der Waals surface area contributed by atoms with Crippen molar-refractivity contribution in [3.8, 4) is 0 Å². The maximum atomic E-state index is 12.2. The molecule has 25 heavy (non-hydrogen) atoms. The van der Waals surface area contributed by atoms with E-state index in [0.29, 0.717) is 10.7 Å². The van der Waals surface area contributed by atoms with Crippen LogP contribution in [0.5, 0.6) is 0 Å². The van der Waals surface area contributed by atoms with Crippen molar-refractivity contribution in [3.63, 3.8) is 0 Å². The molecule has 0 aromatic heterocycles. The van der Waals surface area contributed by atoms with Crippen molar-refractivity contribution in [2.45, 2.75) is 4.90 Å². The Balaban J connectivity index is 2.01. The number of benzene rings is 2. The lowest BCUT2D eigenvalue weighted by Gasteiger charge is -2.13. The van der Waals surface area contributed by atoms with Gasteiger partial charge < -0.3 is 5.32 Å². The zero-order valence-corrected chi connectivity index (χ0v) is 16.3. The van der Waals surface area contributed by atoms with Gasteiger partial charge in [0, 0.05) is 10.7 Å². The molecule has 6 nitrogen and oxygen atoms in total. The number of amidine groups is 1. The topological polar surface area (TPSA) is 82.6 Å². The first-order valence-corrected chi connectivity index (χ1v) is 10.4. The number of halogens is 1. The van der Waals surface area contributed by atoms with Gasteiger partial charge in [-0.2, -0.15) is 8.42 Å². The van der Waals surface area contributed by atoms with E-state index in [1.807, 2.05) is 0 Å². The molecule has 0 bridgehead atoms. The average molecular weight is 415 g/mol. The van der Waals surface area contributed by atoms with Crippen molar-refractivity contribution >= 4 is 61.6 Å². The Bertz CT molecular complexity index is 873. The molecule has 0 aliphatic rings. The van der Waals surface area contributed by atoms with Gasteiger partial charge in [-0.25, -0.2) is 0 Å². The van der Waals surface area contributed by atoms with E-state index in [2.05, 4.69) is 20.6 Å². The molecule has 2 aromatic rings. The molecule has 0 aliphatic heterocycles. The number of hydrogen-bond donors (Lipinski definition) is 3. The SMILES string of the molecule is CS/C(=N/S(=O)(=O)c1ccccc1)NNC(=S)Nc1cccc(Cl)c1. The van der Waals surface area contributed by atoms with Crippen molar-refractivity contribution in [1.29, 1.82) is 0 Å². The van der Waals surface area contributed by atoms with Crippen LogP contribution in [0.3, 0.4) is 0 Å². The summed E-state index contributed by atoms with van der Waals surface area (Å²) in [4.78, 5) is 0.114. The summed E-state index contributed by atoms with van der Waals surface area (Å²) >= 11 is 12.2. The van der Waals surface area contributed by atoms with E-state index in [0.717, 1.165) is 11.8 Å². The maximum Gasteiger partial charge on any atom is 0.284 e. The second kappa shape index (κ2) is 9.04. The van der Waals surface area contributed by atoms with Crippen molar-refractivity contribution in [1.82, 2.24) is 10.9 Å². The Kier molecular flexibility index (Phi) is 7.06. The summed E-state index contributed by atoms with van der Waals surface area (Å²) in [5.41, 5.74) is 6.06. The van der Waals surface area contributed by atoms with Crippen LogP contribution in [-0.2, 0) is 10.0 Å². The molecule has 0 heterocycles. The highest BCUT2D eigenvalue weighted by Crippen LogP contribution is 2.15. The second-order valence-corrected chi connectivity index (χ2v) is 7.85. The van der Waals surface area contributed by atoms with Crippen LogP contribution in [-0.4, -0.2) is 25.0 Å². The number of hydrogen-bond acceptors (Lipinski definition) is 4. The zero-order valence-electron chi connectivity index (χ0n) is 13.1. The monoisotopic (exact) mass is 414 g/mol. The molecule has 0 saturated carbocycles. The maximum absolute atomic E-state index is 12.2. The largest absolute Gasteiger partial charge is 0.331 e. The van der Waals surface area contributed by atoms with E-state index in [1.54, 1.807) is 48.7 Å². The molecule has 0 spiro atoms. The number of thiocarbonyl (C=S) groups is 1. The molecule has 0 amide bonds. The van der Waals surface area contributed by atoms with Crippen LogP contribution < -0.4 is 16.2 Å². The van der Waals surface area contributed by atoms with Gasteiger partial charge in [-0.3, -0.25) is 10.9 Å². The number of nitrogens with one attached hydrogen (secondary N) is 3. The van der Waals surface area contributed by atoms with Crippen molar-refractivity contribution in [3.05, 3.63) is 59.6 Å². The number of nitrogens with zero attached hydrogens (tertiary/aromatic N) is 1. The van der Waals surface area contributed by atoms with E-state index in [4.69, 9.17) is 23.8 Å². The van der Waals surface area contributed by atoms with Crippen LogP contribution in [0.15, 0.2) is 63.9 Å². The Morgan fingerprint density at radius 2 is 1.84 bits per heavy atom. The smallest absolute Gasteiger partial charge is 0.284 e. The van der Waals surface area contributed by atoms with Crippen LogP contribution in [0.2, 0.25) is 5.02 Å². The molecule has 132 valence electrons. The fourth-order valence-electron chi connectivity index (χ4n) is 1.70. The number of sulfonamides is 1. The van der Waals surface area contributed by atoms with E-state index in [9.17, 15) is 8.42 Å². The van der Waals surface area contributed by atoms with E-state index in [-0.39, 0.29) is 15.2 Å². The number of thioether (sulfide) groups is 1. The summed E-state index contributed by atoms with van der Waals surface area (Å²) in [5, 5.41) is 3.88. The second-order valence-electron chi connectivity index (χ2n) is 4.60. The fraction of sp³-hybridized carbons (Fsp3) is 0.0667. The van der Waals surface area contributed by atoms with E-state index >= 15 is 0 Å². The third-order valence-corrected chi connectivity index (χ3v) is 5.23. The third-order valence-electron chi connectivity index (χ3n) is 2.80. The number of anilines is 1. The van der Waals surface area contributed by atoms with Gasteiger partial charge in [0.2, 0.25) is 0 Å². The highest BCUT2D eigenvalue weighted by atomic mass is 35.5. The summed E-state index contributed by atoms with van der Waals surface area (Å²) in [7, 11) is -3.80. The third kappa shape index (κ3) is 6.20. The fourth-order valence-corrected chi connectivity index (χ4v) is 3.68. The molecule has 3 N–H and O–H groups in total. The lowest BCUT2D eigenvalue weighted by Crippen LogP contribution is -2.42. The zero-order chi connectivity index (χ0) is 18.3. The standard InChI is InChI=1S/C15H15ClN4O2S3/c1-24-15(20-25(21,22)13-8-3-2-4-9-13)19-18-14(23)17-12-7-5-6-11(16)10-12/h2-10H,1H3,(H,19,20)(H2,17,18,23). The molecule has 0 radical (unpaired) electrons. The number of rotatable bonds is 3. The molecular weight excluding hydrogens is 400 g/mol. The lowest BCUT2D eigenvalue weighted by molar-refractivity contribution is 0.598. The van der Waals surface area contributed by atoms with Crippen LogP contribution in [0, 0.1) is 0 Å². The Morgan fingerprint density at radius 1 is 1.12 bits per heavy atom. The molecule has 2 aromatic carbocycles. The summed E-state index contributed by atoms with van der Waals surface area (Å²) in [5.74, 6) is 0. The van der Waals surface area contributed by atoms with E-state index in [1.165, 1.54) is 12.1 Å². The first-order chi connectivity index (χ1) is 11.9. The molecule has 0 atom stereocenters. The highest BCUT2D eigenvalue weighted by molar-refractivity contribution is 8.13. The van der Waals surface area contributed by atoms with Gasteiger partial charge in [-0.05, 0) is 48.8 Å². The van der Waals surface area contributed by atoms with E-state index < -0.39 is 10.0 Å². The molecule has 0 saturated heterocycles. The normalized spacial score (nSPS) is 11.7. The Hall–Kier alpha value is -1.81. The highest BCUT2D eigenvalue weighted by Gasteiger charge is 2.13. The molecule has 10 heteroatoms. The van der Waals surface area contributed by atoms with Crippen LogP contribution in [0.25, 0.3) is 0 Å². The van der Waals surface area contributed by atoms with Gasteiger partial charge in [-0.15, -0.1) is 4.40 Å². The molecule has 0 aliphatic carbocycles. The summed E-state index contributed by atoms with van der Waals surface area (Å²) < 4.78 is 28.2. The minimum atomic E-state index is -3.80. The predicted molar refractivity (Wildman–Crippen MR) is 109 cm³/mol. The first kappa shape index (κ1) is 19.5. The summed E-state index contributed by atoms with van der Waals surface area (Å²) in [6, 6.07) is 15.0. The Morgan fingerprint density at radius 3 is 2.48 bits per heavy atom. The van der Waals surface area contributed by atoms with Gasteiger partial charge in [0.15, 0.2) is 10.3 Å². The quantitative estimate of drug-likeness (QED) is 0.308. The first-order valence-electron chi connectivity index (χ1n) is 6.93. The van der Waals surface area contributed by atoms with Gasteiger partial charge in [0.05, 0.1) is 4.90 Å². The predicted octanol–water partition coefficient (Wildman–Crippen LogP) is 3.24. The summed E-state index contributed by atoms with van der Waals surface area (Å²) in [6.45, 7) is 0. The lowest BCUT2D eigenvalue weighted by atomic mass is 10.3. The molecule has 2 rings (SSSR count). The van der Waals surface area contributed by atoms with Crippen LogP contribution >= 0.6 is 35.6 Å². The van der Waals surface area contributed by atoms with Gasteiger partial charge in [-0.1, -0.05) is 47.6 Å². The molecular formula is C15H15ClN4O2S3. The number of hydrazine groups is 1. The molecule has 0 fully saturated rings. The molecule has 0 unspecified atom stereocenters. The van der Waals surface area contributed by atoms with Crippen molar-refractivity contribution in [2.75, 3.05) is 11.6 Å². The van der Waals surface area contributed by atoms with Gasteiger partial charge >= 0.3 is 0 Å².